The molecule has 1 N–H and O–H groups in total. The van der Waals surface area contributed by atoms with Gasteiger partial charge in [0.25, 0.3) is 5.91 Å². The molecule has 3 aromatic rings. The summed E-state index contributed by atoms with van der Waals surface area (Å²) in [6.07, 6.45) is 0.299. The van der Waals surface area contributed by atoms with Crippen LogP contribution in [-0.2, 0) is 4.79 Å². The lowest BCUT2D eigenvalue weighted by Gasteiger charge is -2.35. The number of benzene rings is 3. The zero-order valence-electron chi connectivity index (χ0n) is 18.3. The van der Waals surface area contributed by atoms with E-state index in [1.165, 1.54) is 6.07 Å². The first kappa shape index (κ1) is 22.3. The van der Waals surface area contributed by atoms with Gasteiger partial charge in [-0.15, -0.1) is 0 Å². The van der Waals surface area contributed by atoms with E-state index in [4.69, 9.17) is 0 Å². The smallest absolute Gasteiger partial charge is 0.257 e. The minimum absolute atomic E-state index is 0.0451. The summed E-state index contributed by atoms with van der Waals surface area (Å²) < 4.78 is 0. The second-order valence-corrected chi connectivity index (χ2v) is 8.06. The topological polar surface area (TPSA) is 77.9 Å². The fourth-order valence-corrected chi connectivity index (χ4v) is 3.99. The highest BCUT2D eigenvalue weighted by molar-refractivity contribution is 5.98. The minimum atomic E-state index is -0.241. The summed E-state index contributed by atoms with van der Waals surface area (Å²) in [5.41, 5.74) is 2.99. The van der Waals surface area contributed by atoms with Crippen molar-refractivity contribution in [3.8, 4) is 16.9 Å². The van der Waals surface area contributed by atoms with Crippen LogP contribution in [0.2, 0.25) is 0 Å². The van der Waals surface area contributed by atoms with Gasteiger partial charge in [0.05, 0.1) is 5.56 Å². The minimum Gasteiger partial charge on any atom is -0.507 e. The molecular formula is C27H26N2O4. The Kier molecular flexibility index (Phi) is 6.83. The number of nitrogens with zero attached hydrogens (tertiary/aromatic N) is 2. The standard InChI is InChI=1S/C27H26N2O4/c30-24(22-12-10-21(11-13-22)20-6-2-1-3-7-20)14-15-26(32)28-16-18-29(19-17-28)27(33)23-8-4-5-9-25(23)31/h1-13,31H,14-19H2. The van der Waals surface area contributed by atoms with Crippen molar-refractivity contribution in [2.24, 2.45) is 0 Å². The van der Waals surface area contributed by atoms with E-state index in [0.717, 1.165) is 11.1 Å². The number of rotatable bonds is 6. The molecule has 0 radical (unpaired) electrons. The number of piperazine rings is 1. The predicted octanol–water partition coefficient (Wildman–Crippen LogP) is 4.01. The Morgan fingerprint density at radius 2 is 1.24 bits per heavy atom. The Bertz CT molecular complexity index is 1130. The Hall–Kier alpha value is -3.93. The lowest BCUT2D eigenvalue weighted by molar-refractivity contribution is -0.132. The van der Waals surface area contributed by atoms with Gasteiger partial charge in [0.2, 0.25) is 5.91 Å². The van der Waals surface area contributed by atoms with Gasteiger partial charge in [0.1, 0.15) is 5.75 Å². The van der Waals surface area contributed by atoms with Gasteiger partial charge in [-0.05, 0) is 23.3 Å². The highest BCUT2D eigenvalue weighted by Gasteiger charge is 2.26. The van der Waals surface area contributed by atoms with Gasteiger partial charge >= 0.3 is 0 Å². The van der Waals surface area contributed by atoms with E-state index in [2.05, 4.69) is 0 Å². The number of aromatic hydroxyl groups is 1. The molecule has 1 heterocycles. The molecule has 0 atom stereocenters. The number of carbonyl (C=O) groups is 3. The average Bonchev–Trinajstić information content (AvgIpc) is 2.87. The summed E-state index contributed by atoms with van der Waals surface area (Å²) in [6.45, 7) is 1.62. The number of phenolic OH excluding ortho intramolecular Hbond substituents is 1. The van der Waals surface area contributed by atoms with Crippen LogP contribution in [0.3, 0.4) is 0 Å². The largest absolute Gasteiger partial charge is 0.507 e. The highest BCUT2D eigenvalue weighted by Crippen LogP contribution is 2.21. The number of carbonyl (C=O) groups excluding carboxylic acids is 3. The third kappa shape index (κ3) is 5.29. The Labute approximate surface area is 193 Å². The van der Waals surface area contributed by atoms with Crippen molar-refractivity contribution in [3.63, 3.8) is 0 Å². The summed E-state index contributed by atoms with van der Waals surface area (Å²) in [6, 6.07) is 23.9. The molecule has 0 aliphatic carbocycles. The number of phenols is 1. The van der Waals surface area contributed by atoms with Gasteiger partial charge in [-0.1, -0.05) is 66.7 Å². The molecule has 6 nitrogen and oxygen atoms in total. The Morgan fingerprint density at radius 3 is 1.91 bits per heavy atom. The van der Waals surface area contributed by atoms with Crippen molar-refractivity contribution in [3.05, 3.63) is 90.0 Å². The lowest BCUT2D eigenvalue weighted by Crippen LogP contribution is -2.50. The van der Waals surface area contributed by atoms with Crippen LogP contribution in [0.15, 0.2) is 78.9 Å². The van der Waals surface area contributed by atoms with Crippen LogP contribution in [-0.4, -0.2) is 58.7 Å². The maximum Gasteiger partial charge on any atom is 0.257 e. The van der Waals surface area contributed by atoms with E-state index in [0.29, 0.717) is 31.7 Å². The quantitative estimate of drug-likeness (QED) is 0.585. The van der Waals surface area contributed by atoms with E-state index in [9.17, 15) is 19.5 Å². The number of ketones is 1. The normalized spacial score (nSPS) is 13.6. The molecular weight excluding hydrogens is 416 g/mol. The van der Waals surface area contributed by atoms with Crippen molar-refractivity contribution < 1.29 is 19.5 Å². The number of Topliss-reactive ketones (excluding diaryl/α,β-unsaturated/α-hetero) is 1. The van der Waals surface area contributed by atoms with E-state index >= 15 is 0 Å². The summed E-state index contributed by atoms with van der Waals surface area (Å²) >= 11 is 0. The SMILES string of the molecule is O=C(CCC(=O)N1CCN(C(=O)c2ccccc2O)CC1)c1ccc(-c2ccccc2)cc1. The van der Waals surface area contributed by atoms with E-state index in [1.807, 2.05) is 42.5 Å². The molecule has 168 valence electrons. The molecule has 1 fully saturated rings. The molecule has 1 aliphatic heterocycles. The van der Waals surface area contributed by atoms with E-state index in [1.54, 1.807) is 40.1 Å². The fraction of sp³-hybridized carbons (Fsp3) is 0.222. The third-order valence-corrected chi connectivity index (χ3v) is 5.93. The van der Waals surface area contributed by atoms with Crippen molar-refractivity contribution in [1.29, 1.82) is 0 Å². The zero-order valence-corrected chi connectivity index (χ0v) is 18.3. The highest BCUT2D eigenvalue weighted by atomic mass is 16.3. The molecule has 0 unspecified atom stereocenters. The molecule has 0 saturated carbocycles. The van der Waals surface area contributed by atoms with Crippen LogP contribution in [0.1, 0.15) is 33.6 Å². The Balaban J connectivity index is 1.26. The van der Waals surface area contributed by atoms with Gasteiger partial charge < -0.3 is 14.9 Å². The van der Waals surface area contributed by atoms with Crippen molar-refractivity contribution >= 4 is 17.6 Å². The molecule has 0 aromatic heterocycles. The Morgan fingerprint density at radius 1 is 0.667 bits per heavy atom. The maximum absolute atomic E-state index is 12.6. The first-order valence-electron chi connectivity index (χ1n) is 11.1. The molecule has 1 aliphatic rings. The molecule has 1 saturated heterocycles. The summed E-state index contributed by atoms with van der Waals surface area (Å²) in [4.78, 5) is 41.1. The summed E-state index contributed by atoms with van der Waals surface area (Å²) in [5, 5.41) is 9.90. The van der Waals surface area contributed by atoms with Crippen molar-refractivity contribution in [2.45, 2.75) is 12.8 Å². The summed E-state index contributed by atoms with van der Waals surface area (Å²) in [7, 11) is 0. The second-order valence-electron chi connectivity index (χ2n) is 8.06. The first-order chi connectivity index (χ1) is 16.0. The van der Waals surface area contributed by atoms with Crippen LogP contribution in [0.25, 0.3) is 11.1 Å². The van der Waals surface area contributed by atoms with Crippen LogP contribution >= 0.6 is 0 Å². The van der Waals surface area contributed by atoms with Gasteiger partial charge in [0.15, 0.2) is 5.78 Å². The molecule has 33 heavy (non-hydrogen) atoms. The van der Waals surface area contributed by atoms with Crippen molar-refractivity contribution in [2.75, 3.05) is 26.2 Å². The van der Waals surface area contributed by atoms with E-state index in [-0.39, 0.29) is 41.8 Å². The van der Waals surface area contributed by atoms with Gasteiger partial charge in [-0.2, -0.15) is 0 Å². The zero-order chi connectivity index (χ0) is 23.2. The molecule has 2 amide bonds. The number of hydrogen-bond donors (Lipinski definition) is 1. The molecule has 6 heteroatoms. The van der Waals surface area contributed by atoms with Gasteiger partial charge in [-0.25, -0.2) is 0 Å². The fourth-order valence-electron chi connectivity index (χ4n) is 3.99. The predicted molar refractivity (Wildman–Crippen MR) is 126 cm³/mol. The molecule has 0 spiro atoms. The third-order valence-electron chi connectivity index (χ3n) is 5.93. The monoisotopic (exact) mass is 442 g/mol. The lowest BCUT2D eigenvalue weighted by atomic mass is 10.0. The van der Waals surface area contributed by atoms with Crippen LogP contribution in [0.5, 0.6) is 5.75 Å². The van der Waals surface area contributed by atoms with Crippen LogP contribution < -0.4 is 0 Å². The maximum atomic E-state index is 12.6. The summed E-state index contributed by atoms with van der Waals surface area (Å²) in [5.74, 6) is -0.430. The second kappa shape index (κ2) is 10.1. The van der Waals surface area contributed by atoms with E-state index < -0.39 is 0 Å². The van der Waals surface area contributed by atoms with Crippen LogP contribution in [0.4, 0.5) is 0 Å². The average molecular weight is 443 g/mol. The van der Waals surface area contributed by atoms with Gasteiger partial charge in [-0.3, -0.25) is 14.4 Å². The number of hydrogen-bond acceptors (Lipinski definition) is 4. The first-order valence-corrected chi connectivity index (χ1v) is 11.1. The van der Waals surface area contributed by atoms with Gasteiger partial charge in [0, 0.05) is 44.6 Å². The van der Waals surface area contributed by atoms with Crippen molar-refractivity contribution in [1.82, 2.24) is 9.80 Å². The van der Waals surface area contributed by atoms with Crippen LogP contribution in [0, 0.1) is 0 Å². The number of para-hydroxylation sites is 1. The molecule has 0 bridgehead atoms. The number of amides is 2. The molecule has 3 aromatic carbocycles. The molecule has 4 rings (SSSR count).